The van der Waals surface area contributed by atoms with Gasteiger partial charge in [-0.25, -0.2) is 4.79 Å². The van der Waals surface area contributed by atoms with Gasteiger partial charge in [0, 0.05) is 16.4 Å². The molecule has 2 amide bonds. The number of halogens is 1. The Morgan fingerprint density at radius 2 is 1.68 bits per heavy atom. The fourth-order valence-corrected chi connectivity index (χ4v) is 2.90. The Labute approximate surface area is 168 Å². The van der Waals surface area contributed by atoms with Gasteiger partial charge in [-0.1, -0.05) is 29.3 Å². The summed E-state index contributed by atoms with van der Waals surface area (Å²) in [5.41, 5.74) is 9.65. The third-order valence-corrected chi connectivity index (χ3v) is 4.19. The van der Waals surface area contributed by atoms with Crippen molar-refractivity contribution in [3.8, 4) is 0 Å². The zero-order valence-electron chi connectivity index (χ0n) is 15.9. The molecule has 0 fully saturated rings. The fraction of sp³-hybridized carbons (Fsp3) is 0.250. The summed E-state index contributed by atoms with van der Waals surface area (Å²) in [5, 5.41) is 5.56. The first kappa shape index (κ1) is 21.2. The lowest BCUT2D eigenvalue weighted by Gasteiger charge is -2.13. The van der Waals surface area contributed by atoms with E-state index in [1.165, 1.54) is 18.2 Å². The van der Waals surface area contributed by atoms with E-state index >= 15 is 0 Å². The number of carbonyl (C=O) groups is 3. The summed E-state index contributed by atoms with van der Waals surface area (Å²) in [5.74, 6) is -1.73. The number of nitrogens with two attached hydrogens (primary N) is 1. The molecule has 0 aromatic heterocycles. The van der Waals surface area contributed by atoms with Crippen LogP contribution in [0.2, 0.25) is 5.02 Å². The Kier molecular flexibility index (Phi) is 7.00. The molecule has 0 spiro atoms. The monoisotopic (exact) mass is 403 g/mol. The lowest BCUT2D eigenvalue weighted by Crippen LogP contribution is -2.35. The second-order valence-electron chi connectivity index (χ2n) is 6.41. The summed E-state index contributed by atoms with van der Waals surface area (Å²) in [6.07, 6.45) is 0. The molecule has 0 bridgehead atoms. The molecular formula is C20H22ClN3O4. The Morgan fingerprint density at radius 3 is 2.29 bits per heavy atom. The van der Waals surface area contributed by atoms with Crippen LogP contribution in [0.3, 0.4) is 0 Å². The minimum Gasteiger partial charge on any atom is -0.452 e. The zero-order chi connectivity index (χ0) is 20.8. The minimum absolute atomic E-state index is 0.111. The van der Waals surface area contributed by atoms with E-state index in [9.17, 15) is 14.4 Å². The smallest absolute Gasteiger partial charge is 0.340 e. The van der Waals surface area contributed by atoms with Crippen molar-refractivity contribution in [3.05, 3.63) is 57.6 Å². The highest BCUT2D eigenvalue weighted by molar-refractivity contribution is 6.31. The van der Waals surface area contributed by atoms with Crippen LogP contribution in [0, 0.1) is 20.8 Å². The molecule has 2 aromatic rings. The first-order chi connectivity index (χ1) is 13.2. The topological polar surface area (TPSA) is 111 Å². The number of nitrogens with one attached hydrogen (secondary N) is 2. The Balaban J connectivity index is 1.82. The molecule has 28 heavy (non-hydrogen) atoms. The summed E-state index contributed by atoms with van der Waals surface area (Å²) in [6.45, 7) is 5.00. The van der Waals surface area contributed by atoms with Gasteiger partial charge in [0.25, 0.3) is 5.91 Å². The van der Waals surface area contributed by atoms with E-state index < -0.39 is 18.5 Å². The predicted molar refractivity (Wildman–Crippen MR) is 108 cm³/mol. The first-order valence-electron chi connectivity index (χ1n) is 8.54. The van der Waals surface area contributed by atoms with Crippen LogP contribution >= 0.6 is 11.6 Å². The number of amides is 2. The van der Waals surface area contributed by atoms with Crippen molar-refractivity contribution >= 4 is 40.8 Å². The molecule has 0 unspecified atom stereocenters. The van der Waals surface area contributed by atoms with E-state index in [0.29, 0.717) is 5.02 Å². The van der Waals surface area contributed by atoms with Gasteiger partial charge < -0.3 is 21.1 Å². The molecule has 0 heterocycles. The van der Waals surface area contributed by atoms with Gasteiger partial charge in [0.05, 0.1) is 12.1 Å². The molecule has 0 saturated heterocycles. The maximum Gasteiger partial charge on any atom is 0.340 e. The van der Waals surface area contributed by atoms with Crippen molar-refractivity contribution in [2.75, 3.05) is 24.2 Å². The normalized spacial score (nSPS) is 10.3. The van der Waals surface area contributed by atoms with Crippen LogP contribution in [0.15, 0.2) is 30.3 Å². The van der Waals surface area contributed by atoms with E-state index in [1.54, 1.807) is 0 Å². The Hall–Kier alpha value is -3.06. The third kappa shape index (κ3) is 5.72. The van der Waals surface area contributed by atoms with Crippen LogP contribution in [0.25, 0.3) is 0 Å². The maximum atomic E-state index is 12.1. The number of hydrogen-bond acceptors (Lipinski definition) is 5. The van der Waals surface area contributed by atoms with Gasteiger partial charge in [0.2, 0.25) is 5.91 Å². The Morgan fingerprint density at radius 1 is 1.04 bits per heavy atom. The van der Waals surface area contributed by atoms with Crippen molar-refractivity contribution in [2.45, 2.75) is 20.8 Å². The highest BCUT2D eigenvalue weighted by Crippen LogP contribution is 2.21. The van der Waals surface area contributed by atoms with Crippen molar-refractivity contribution in [3.63, 3.8) is 0 Å². The van der Waals surface area contributed by atoms with Crippen molar-refractivity contribution in [1.82, 2.24) is 5.32 Å². The minimum atomic E-state index is -0.750. The second kappa shape index (κ2) is 9.23. The van der Waals surface area contributed by atoms with Crippen LogP contribution < -0.4 is 16.4 Å². The van der Waals surface area contributed by atoms with Crippen LogP contribution in [-0.2, 0) is 14.3 Å². The molecule has 0 aliphatic carbocycles. The summed E-state index contributed by atoms with van der Waals surface area (Å²) >= 11 is 5.77. The molecule has 0 aliphatic heterocycles. The number of carbonyl (C=O) groups excluding carboxylic acids is 3. The molecule has 0 atom stereocenters. The van der Waals surface area contributed by atoms with Crippen LogP contribution in [-0.4, -0.2) is 30.9 Å². The number of esters is 1. The number of hydrogen-bond donors (Lipinski definition) is 3. The number of anilines is 2. The standard InChI is InChI=1S/C20H22ClN3O4/c1-11-6-12(2)19(13(3)7-11)24-17(25)9-23-18(26)10-28-20(27)15-5-4-14(21)8-16(15)22/h4-8H,9-10,22H2,1-3H3,(H,23,26)(H,24,25). The molecule has 0 radical (unpaired) electrons. The van der Waals surface area contributed by atoms with E-state index in [-0.39, 0.29) is 23.7 Å². The van der Waals surface area contributed by atoms with Gasteiger partial charge in [-0.05, 0) is 50.1 Å². The van der Waals surface area contributed by atoms with E-state index in [1.807, 2.05) is 32.9 Å². The van der Waals surface area contributed by atoms with Crippen molar-refractivity contribution in [1.29, 1.82) is 0 Å². The van der Waals surface area contributed by atoms with E-state index in [0.717, 1.165) is 22.4 Å². The van der Waals surface area contributed by atoms with Gasteiger partial charge in [-0.15, -0.1) is 0 Å². The summed E-state index contributed by atoms with van der Waals surface area (Å²) in [4.78, 5) is 35.9. The van der Waals surface area contributed by atoms with Crippen LogP contribution in [0.1, 0.15) is 27.0 Å². The molecular weight excluding hydrogens is 382 g/mol. The quantitative estimate of drug-likeness (QED) is 0.507. The van der Waals surface area contributed by atoms with Crippen LogP contribution in [0.5, 0.6) is 0 Å². The zero-order valence-corrected chi connectivity index (χ0v) is 16.6. The predicted octanol–water partition coefficient (Wildman–Crippen LogP) is 2.76. The maximum absolute atomic E-state index is 12.1. The SMILES string of the molecule is Cc1cc(C)c(NC(=O)CNC(=O)COC(=O)c2ccc(Cl)cc2N)c(C)c1. The summed E-state index contributed by atoms with van der Waals surface area (Å²) < 4.78 is 4.91. The number of nitrogen functional groups attached to an aromatic ring is 1. The highest BCUT2D eigenvalue weighted by atomic mass is 35.5. The second-order valence-corrected chi connectivity index (χ2v) is 6.84. The molecule has 0 aliphatic rings. The average molecular weight is 404 g/mol. The summed E-state index contributed by atoms with van der Waals surface area (Å²) in [6, 6.07) is 8.25. The van der Waals surface area contributed by atoms with Gasteiger partial charge in [-0.3, -0.25) is 9.59 Å². The number of rotatable bonds is 6. The van der Waals surface area contributed by atoms with Gasteiger partial charge >= 0.3 is 5.97 Å². The molecule has 148 valence electrons. The molecule has 0 saturated carbocycles. The van der Waals surface area contributed by atoms with Gasteiger partial charge in [0.15, 0.2) is 6.61 Å². The molecule has 2 aromatic carbocycles. The van der Waals surface area contributed by atoms with E-state index in [4.69, 9.17) is 22.1 Å². The number of ether oxygens (including phenoxy) is 1. The number of benzene rings is 2. The Bertz CT molecular complexity index is 905. The lowest BCUT2D eigenvalue weighted by atomic mass is 10.1. The molecule has 8 heteroatoms. The van der Waals surface area contributed by atoms with Gasteiger partial charge in [-0.2, -0.15) is 0 Å². The lowest BCUT2D eigenvalue weighted by molar-refractivity contribution is -0.126. The average Bonchev–Trinajstić information content (AvgIpc) is 2.61. The first-order valence-corrected chi connectivity index (χ1v) is 8.91. The largest absolute Gasteiger partial charge is 0.452 e. The summed E-state index contributed by atoms with van der Waals surface area (Å²) in [7, 11) is 0. The third-order valence-electron chi connectivity index (χ3n) is 3.96. The molecule has 7 nitrogen and oxygen atoms in total. The van der Waals surface area contributed by atoms with Gasteiger partial charge in [0.1, 0.15) is 0 Å². The van der Waals surface area contributed by atoms with Crippen molar-refractivity contribution < 1.29 is 19.1 Å². The van der Waals surface area contributed by atoms with E-state index in [2.05, 4.69) is 10.6 Å². The number of aryl methyl sites for hydroxylation is 3. The van der Waals surface area contributed by atoms with Crippen LogP contribution in [0.4, 0.5) is 11.4 Å². The fourth-order valence-electron chi connectivity index (χ4n) is 2.72. The van der Waals surface area contributed by atoms with Crippen molar-refractivity contribution in [2.24, 2.45) is 0 Å². The highest BCUT2D eigenvalue weighted by Gasteiger charge is 2.14. The molecule has 4 N–H and O–H groups in total. The molecule has 2 rings (SSSR count).